The first-order valence-electron chi connectivity index (χ1n) is 4.90. The van der Waals surface area contributed by atoms with Crippen molar-refractivity contribution in [1.82, 2.24) is 9.97 Å². The second-order valence-corrected chi connectivity index (χ2v) is 3.51. The van der Waals surface area contributed by atoms with Crippen molar-refractivity contribution < 1.29 is 4.74 Å². The van der Waals surface area contributed by atoms with E-state index in [1.807, 2.05) is 13.0 Å². The van der Waals surface area contributed by atoms with Gasteiger partial charge >= 0.3 is 0 Å². The summed E-state index contributed by atoms with van der Waals surface area (Å²) in [5, 5.41) is 11.8. The van der Waals surface area contributed by atoms with Crippen LogP contribution in [0, 0.1) is 11.3 Å². The highest BCUT2D eigenvalue weighted by Gasteiger charge is 2.24. The summed E-state index contributed by atoms with van der Waals surface area (Å²) in [7, 11) is 0. The second kappa shape index (κ2) is 4.24. The van der Waals surface area contributed by atoms with Gasteiger partial charge in [-0.3, -0.25) is 0 Å². The minimum atomic E-state index is 0.197. The molecule has 2 atom stereocenters. The van der Waals surface area contributed by atoms with Crippen molar-refractivity contribution in [3.63, 3.8) is 0 Å². The van der Waals surface area contributed by atoms with Crippen molar-refractivity contribution >= 4 is 5.82 Å². The Kier molecular flexibility index (Phi) is 2.79. The zero-order chi connectivity index (χ0) is 10.7. The number of hydrogen-bond donors (Lipinski definition) is 1. The fourth-order valence-corrected chi connectivity index (χ4v) is 1.57. The molecule has 15 heavy (non-hydrogen) atoms. The molecule has 0 aromatic carbocycles. The molecule has 78 valence electrons. The van der Waals surface area contributed by atoms with Crippen LogP contribution >= 0.6 is 0 Å². The molecule has 0 spiro atoms. The van der Waals surface area contributed by atoms with Crippen LogP contribution in [-0.2, 0) is 4.74 Å². The number of nitrogens with one attached hydrogen (secondary N) is 1. The van der Waals surface area contributed by atoms with Crippen LogP contribution in [0.4, 0.5) is 5.82 Å². The van der Waals surface area contributed by atoms with Gasteiger partial charge in [0.25, 0.3) is 0 Å². The highest BCUT2D eigenvalue weighted by Crippen LogP contribution is 2.16. The molecule has 0 saturated carbocycles. The molecule has 0 amide bonds. The molecule has 1 aromatic rings. The Morgan fingerprint density at radius 3 is 2.93 bits per heavy atom. The lowest BCUT2D eigenvalue weighted by Crippen LogP contribution is -2.27. The van der Waals surface area contributed by atoms with Crippen LogP contribution in [0.15, 0.2) is 12.4 Å². The van der Waals surface area contributed by atoms with Gasteiger partial charge in [0.1, 0.15) is 11.9 Å². The number of nitrogens with zero attached hydrogens (tertiary/aromatic N) is 3. The summed E-state index contributed by atoms with van der Waals surface area (Å²) in [4.78, 5) is 8.03. The summed E-state index contributed by atoms with van der Waals surface area (Å²) < 4.78 is 5.42. The van der Waals surface area contributed by atoms with Crippen LogP contribution in [0.2, 0.25) is 0 Å². The molecule has 5 heteroatoms. The van der Waals surface area contributed by atoms with Crippen LogP contribution < -0.4 is 5.32 Å². The number of ether oxygens (including phenoxy) is 1. The van der Waals surface area contributed by atoms with Crippen LogP contribution in [-0.4, -0.2) is 28.7 Å². The predicted molar refractivity (Wildman–Crippen MR) is 54.2 cm³/mol. The van der Waals surface area contributed by atoms with E-state index in [0.29, 0.717) is 11.5 Å². The summed E-state index contributed by atoms with van der Waals surface area (Å²) in [6, 6.07) is 2.21. The lowest BCUT2D eigenvalue weighted by molar-refractivity contribution is 0.121. The van der Waals surface area contributed by atoms with Crippen molar-refractivity contribution in [2.75, 3.05) is 11.9 Å². The quantitative estimate of drug-likeness (QED) is 0.776. The number of nitriles is 1. The van der Waals surface area contributed by atoms with Crippen molar-refractivity contribution in [2.45, 2.75) is 25.5 Å². The van der Waals surface area contributed by atoms with Gasteiger partial charge in [-0.1, -0.05) is 0 Å². The molecule has 5 nitrogen and oxygen atoms in total. The first-order chi connectivity index (χ1) is 7.29. The summed E-state index contributed by atoms with van der Waals surface area (Å²) in [5.74, 6) is 0.691. The van der Waals surface area contributed by atoms with Gasteiger partial charge in [-0.25, -0.2) is 9.97 Å². The van der Waals surface area contributed by atoms with Gasteiger partial charge in [-0.15, -0.1) is 0 Å². The van der Waals surface area contributed by atoms with E-state index in [2.05, 4.69) is 15.3 Å². The zero-order valence-corrected chi connectivity index (χ0v) is 8.47. The summed E-state index contributed by atoms with van der Waals surface area (Å²) in [5.41, 5.74) is 0.330. The smallest absolute Gasteiger partial charge is 0.158 e. The maximum atomic E-state index is 8.56. The average molecular weight is 204 g/mol. The number of aromatic nitrogens is 2. The third-order valence-electron chi connectivity index (χ3n) is 2.48. The van der Waals surface area contributed by atoms with Gasteiger partial charge in [0.15, 0.2) is 5.69 Å². The molecule has 0 bridgehead atoms. The van der Waals surface area contributed by atoms with E-state index in [1.54, 1.807) is 6.20 Å². The molecule has 1 fully saturated rings. The Morgan fingerprint density at radius 2 is 2.40 bits per heavy atom. The topological polar surface area (TPSA) is 70.8 Å². The molecule has 0 aliphatic carbocycles. The van der Waals surface area contributed by atoms with E-state index in [1.165, 1.54) is 6.20 Å². The molecular weight excluding hydrogens is 192 g/mol. The van der Waals surface area contributed by atoms with E-state index < -0.39 is 0 Å². The fraction of sp³-hybridized carbons (Fsp3) is 0.500. The maximum Gasteiger partial charge on any atom is 0.158 e. The minimum absolute atomic E-state index is 0.197. The summed E-state index contributed by atoms with van der Waals surface area (Å²) >= 11 is 0. The molecule has 1 saturated heterocycles. The highest BCUT2D eigenvalue weighted by molar-refractivity contribution is 5.34. The molecule has 1 aliphatic rings. The van der Waals surface area contributed by atoms with E-state index in [4.69, 9.17) is 10.00 Å². The minimum Gasteiger partial charge on any atom is -0.376 e. The lowest BCUT2D eigenvalue weighted by Gasteiger charge is -2.15. The van der Waals surface area contributed by atoms with Gasteiger partial charge in [0, 0.05) is 6.61 Å². The first-order valence-corrected chi connectivity index (χ1v) is 4.90. The molecule has 2 unspecified atom stereocenters. The Labute approximate surface area is 88.1 Å². The number of rotatable bonds is 2. The number of anilines is 1. The fourth-order valence-electron chi connectivity index (χ4n) is 1.57. The SMILES string of the molecule is CC1OCCC1Nc1cnc(C#N)cn1. The van der Waals surface area contributed by atoms with Crippen LogP contribution in [0.25, 0.3) is 0 Å². The molecule has 2 rings (SSSR count). The van der Waals surface area contributed by atoms with Gasteiger partial charge < -0.3 is 10.1 Å². The maximum absolute atomic E-state index is 8.56. The van der Waals surface area contributed by atoms with Gasteiger partial charge in [0.2, 0.25) is 0 Å². The van der Waals surface area contributed by atoms with Crippen LogP contribution in [0.3, 0.4) is 0 Å². The number of hydrogen-bond acceptors (Lipinski definition) is 5. The standard InChI is InChI=1S/C10H12N4O/c1-7-9(2-3-15-7)14-10-6-12-8(4-11)5-13-10/h5-7,9H,2-3H2,1H3,(H,13,14). The highest BCUT2D eigenvalue weighted by atomic mass is 16.5. The summed E-state index contributed by atoms with van der Waals surface area (Å²) in [6.45, 7) is 2.81. The van der Waals surface area contributed by atoms with Crippen LogP contribution in [0.1, 0.15) is 19.0 Å². The molecular formula is C10H12N4O. The van der Waals surface area contributed by atoms with Gasteiger partial charge in [-0.05, 0) is 13.3 Å². The first kappa shape index (κ1) is 9.87. The predicted octanol–water partition coefficient (Wildman–Crippen LogP) is 0.938. The zero-order valence-electron chi connectivity index (χ0n) is 8.47. The van der Waals surface area contributed by atoms with E-state index >= 15 is 0 Å². The lowest BCUT2D eigenvalue weighted by atomic mass is 10.1. The van der Waals surface area contributed by atoms with E-state index in [0.717, 1.165) is 13.0 Å². The monoisotopic (exact) mass is 204 g/mol. The van der Waals surface area contributed by atoms with Crippen molar-refractivity contribution in [2.24, 2.45) is 0 Å². The Balaban J connectivity index is 2.02. The Morgan fingerprint density at radius 1 is 1.53 bits per heavy atom. The van der Waals surface area contributed by atoms with E-state index in [-0.39, 0.29) is 12.1 Å². The van der Waals surface area contributed by atoms with Crippen LogP contribution in [0.5, 0.6) is 0 Å². The third-order valence-corrected chi connectivity index (χ3v) is 2.48. The average Bonchev–Trinajstić information content (AvgIpc) is 2.66. The Hall–Kier alpha value is -1.67. The third kappa shape index (κ3) is 2.22. The van der Waals surface area contributed by atoms with Crippen molar-refractivity contribution in [1.29, 1.82) is 5.26 Å². The molecule has 0 radical (unpaired) electrons. The Bertz CT molecular complexity index is 370. The van der Waals surface area contributed by atoms with E-state index in [9.17, 15) is 0 Å². The second-order valence-electron chi connectivity index (χ2n) is 3.51. The van der Waals surface area contributed by atoms with Gasteiger partial charge in [-0.2, -0.15) is 5.26 Å². The molecule has 1 aliphatic heterocycles. The van der Waals surface area contributed by atoms with Gasteiger partial charge in [0.05, 0.1) is 24.5 Å². The largest absolute Gasteiger partial charge is 0.376 e. The van der Waals surface area contributed by atoms with Crippen molar-refractivity contribution in [3.8, 4) is 6.07 Å². The molecule has 2 heterocycles. The van der Waals surface area contributed by atoms with Crippen molar-refractivity contribution in [3.05, 3.63) is 18.1 Å². The molecule has 1 aromatic heterocycles. The normalized spacial score (nSPS) is 24.8. The summed E-state index contributed by atoms with van der Waals surface area (Å²) in [6.07, 6.45) is 4.21. The molecule has 1 N–H and O–H groups in total.